The lowest BCUT2D eigenvalue weighted by Gasteiger charge is -2.16. The van der Waals surface area contributed by atoms with E-state index in [1.165, 1.54) is 31.2 Å². The summed E-state index contributed by atoms with van der Waals surface area (Å²) in [6, 6.07) is 9.34. The van der Waals surface area contributed by atoms with E-state index in [1.807, 2.05) is 0 Å². The van der Waals surface area contributed by atoms with Crippen LogP contribution in [-0.4, -0.2) is 12.6 Å². The maximum absolute atomic E-state index is 3.56. The first kappa shape index (κ1) is 13.7. The normalized spacial score (nSPS) is 12.7. The van der Waals surface area contributed by atoms with Crippen LogP contribution in [0, 0.1) is 0 Å². The van der Waals surface area contributed by atoms with Crippen molar-refractivity contribution in [3.05, 3.63) is 34.3 Å². The molecule has 1 nitrogen and oxygen atoms in total. The number of hydrogen-bond donors (Lipinski definition) is 1. The molecule has 0 amide bonds. The van der Waals surface area contributed by atoms with E-state index in [4.69, 9.17) is 0 Å². The highest BCUT2D eigenvalue weighted by Gasteiger charge is 2.05. The van der Waals surface area contributed by atoms with E-state index in [9.17, 15) is 0 Å². The molecule has 0 heterocycles. The van der Waals surface area contributed by atoms with Gasteiger partial charge in [-0.1, -0.05) is 48.3 Å². The number of halogens is 1. The smallest absolute Gasteiger partial charge is 0.0175 e. The van der Waals surface area contributed by atoms with E-state index in [0.29, 0.717) is 6.04 Å². The summed E-state index contributed by atoms with van der Waals surface area (Å²) < 4.78 is 1.16. The van der Waals surface area contributed by atoms with Gasteiger partial charge in [-0.05, 0) is 43.5 Å². The van der Waals surface area contributed by atoms with Crippen molar-refractivity contribution in [2.24, 2.45) is 0 Å². The third kappa shape index (κ3) is 5.13. The molecule has 0 fully saturated rings. The highest BCUT2D eigenvalue weighted by atomic mass is 79.9. The summed E-state index contributed by atoms with van der Waals surface area (Å²) in [7, 11) is 0. The van der Waals surface area contributed by atoms with Crippen molar-refractivity contribution in [1.29, 1.82) is 0 Å². The SMILES string of the molecule is CCCC(CCc1ccc(Br)cc1)NCC. The van der Waals surface area contributed by atoms with Crippen molar-refractivity contribution >= 4 is 15.9 Å². The highest BCUT2D eigenvalue weighted by Crippen LogP contribution is 2.13. The quantitative estimate of drug-likeness (QED) is 0.792. The lowest BCUT2D eigenvalue weighted by atomic mass is 10.0. The minimum atomic E-state index is 0.679. The maximum Gasteiger partial charge on any atom is 0.0175 e. The van der Waals surface area contributed by atoms with E-state index < -0.39 is 0 Å². The number of aryl methyl sites for hydroxylation is 1. The highest BCUT2D eigenvalue weighted by molar-refractivity contribution is 9.10. The summed E-state index contributed by atoms with van der Waals surface area (Å²) in [5, 5.41) is 3.56. The first-order chi connectivity index (χ1) is 7.76. The Bertz CT molecular complexity index is 275. The molecule has 2 heteroatoms. The molecule has 0 radical (unpaired) electrons. The molecule has 1 aromatic rings. The fraction of sp³-hybridized carbons (Fsp3) is 0.571. The lowest BCUT2D eigenvalue weighted by Crippen LogP contribution is -2.29. The topological polar surface area (TPSA) is 12.0 Å². The van der Waals surface area contributed by atoms with Gasteiger partial charge in [0.2, 0.25) is 0 Å². The zero-order chi connectivity index (χ0) is 11.8. The molecule has 0 aliphatic carbocycles. The van der Waals surface area contributed by atoms with Crippen LogP contribution in [0.4, 0.5) is 0 Å². The van der Waals surface area contributed by atoms with Crippen LogP contribution in [-0.2, 0) is 6.42 Å². The average Bonchev–Trinajstić information content (AvgIpc) is 2.29. The summed E-state index contributed by atoms with van der Waals surface area (Å²) in [6.07, 6.45) is 4.95. The van der Waals surface area contributed by atoms with Crippen LogP contribution < -0.4 is 5.32 Å². The predicted molar refractivity (Wildman–Crippen MR) is 74.8 cm³/mol. The van der Waals surface area contributed by atoms with Crippen LogP contribution in [0.15, 0.2) is 28.7 Å². The van der Waals surface area contributed by atoms with Gasteiger partial charge in [-0.25, -0.2) is 0 Å². The monoisotopic (exact) mass is 283 g/mol. The second-order valence-electron chi connectivity index (χ2n) is 4.21. The van der Waals surface area contributed by atoms with Crippen molar-refractivity contribution in [1.82, 2.24) is 5.32 Å². The third-order valence-electron chi connectivity index (χ3n) is 2.82. The van der Waals surface area contributed by atoms with Crippen LogP contribution in [0.25, 0.3) is 0 Å². The van der Waals surface area contributed by atoms with Gasteiger partial charge in [-0.3, -0.25) is 0 Å². The van der Waals surface area contributed by atoms with Gasteiger partial charge in [0.25, 0.3) is 0 Å². The van der Waals surface area contributed by atoms with E-state index in [0.717, 1.165) is 11.0 Å². The maximum atomic E-state index is 3.56. The van der Waals surface area contributed by atoms with Crippen LogP contribution in [0.1, 0.15) is 38.7 Å². The molecule has 90 valence electrons. The Kier molecular flexibility index (Phi) is 6.74. The molecule has 1 unspecified atom stereocenters. The zero-order valence-electron chi connectivity index (χ0n) is 10.3. The molecule has 16 heavy (non-hydrogen) atoms. The molecule has 0 aromatic heterocycles. The molecule has 0 aliphatic rings. The Hall–Kier alpha value is -0.340. The molecule has 1 aromatic carbocycles. The number of benzene rings is 1. The summed E-state index contributed by atoms with van der Waals surface area (Å²) in [4.78, 5) is 0. The fourth-order valence-electron chi connectivity index (χ4n) is 1.98. The predicted octanol–water partition coefficient (Wildman–Crippen LogP) is 4.16. The van der Waals surface area contributed by atoms with Gasteiger partial charge in [-0.2, -0.15) is 0 Å². The molecule has 0 saturated heterocycles. The lowest BCUT2D eigenvalue weighted by molar-refractivity contribution is 0.460. The van der Waals surface area contributed by atoms with Crippen molar-refractivity contribution in [2.45, 2.75) is 45.6 Å². The van der Waals surface area contributed by atoms with Crippen molar-refractivity contribution < 1.29 is 0 Å². The van der Waals surface area contributed by atoms with Gasteiger partial charge in [0.05, 0.1) is 0 Å². The molecule has 1 atom stereocenters. The Morgan fingerprint density at radius 1 is 1.12 bits per heavy atom. The Labute approximate surface area is 108 Å². The largest absolute Gasteiger partial charge is 0.314 e. The molecular formula is C14H22BrN. The van der Waals surface area contributed by atoms with Gasteiger partial charge < -0.3 is 5.32 Å². The minimum absolute atomic E-state index is 0.679. The molecular weight excluding hydrogens is 262 g/mol. The number of hydrogen-bond acceptors (Lipinski definition) is 1. The Balaban J connectivity index is 2.38. The molecule has 1 N–H and O–H groups in total. The average molecular weight is 284 g/mol. The van der Waals surface area contributed by atoms with Crippen molar-refractivity contribution in [3.63, 3.8) is 0 Å². The van der Waals surface area contributed by atoms with Crippen molar-refractivity contribution in [3.8, 4) is 0 Å². The zero-order valence-corrected chi connectivity index (χ0v) is 11.9. The Morgan fingerprint density at radius 2 is 1.81 bits per heavy atom. The third-order valence-corrected chi connectivity index (χ3v) is 3.35. The van der Waals surface area contributed by atoms with Crippen LogP contribution >= 0.6 is 15.9 Å². The van der Waals surface area contributed by atoms with Gasteiger partial charge in [0.15, 0.2) is 0 Å². The Morgan fingerprint density at radius 3 is 2.38 bits per heavy atom. The van der Waals surface area contributed by atoms with Gasteiger partial charge >= 0.3 is 0 Å². The van der Waals surface area contributed by atoms with E-state index in [2.05, 4.69) is 59.4 Å². The van der Waals surface area contributed by atoms with Gasteiger partial charge in [0.1, 0.15) is 0 Å². The van der Waals surface area contributed by atoms with Crippen LogP contribution in [0.5, 0.6) is 0 Å². The first-order valence-electron chi connectivity index (χ1n) is 6.24. The molecule has 0 saturated carbocycles. The van der Waals surface area contributed by atoms with Crippen LogP contribution in [0.2, 0.25) is 0 Å². The molecule has 0 spiro atoms. The molecule has 1 rings (SSSR count). The van der Waals surface area contributed by atoms with E-state index in [1.54, 1.807) is 0 Å². The number of rotatable bonds is 7. The van der Waals surface area contributed by atoms with Gasteiger partial charge in [-0.15, -0.1) is 0 Å². The second-order valence-corrected chi connectivity index (χ2v) is 5.12. The van der Waals surface area contributed by atoms with E-state index in [-0.39, 0.29) is 0 Å². The minimum Gasteiger partial charge on any atom is -0.314 e. The van der Waals surface area contributed by atoms with Gasteiger partial charge in [0, 0.05) is 10.5 Å². The fourth-order valence-corrected chi connectivity index (χ4v) is 2.24. The summed E-state index contributed by atoms with van der Waals surface area (Å²) in [5.74, 6) is 0. The van der Waals surface area contributed by atoms with Crippen molar-refractivity contribution in [2.75, 3.05) is 6.54 Å². The van der Waals surface area contributed by atoms with E-state index >= 15 is 0 Å². The summed E-state index contributed by atoms with van der Waals surface area (Å²) in [6.45, 7) is 5.51. The second kappa shape index (κ2) is 7.86. The number of nitrogens with one attached hydrogen (secondary N) is 1. The standard InChI is InChI=1S/C14H22BrN/c1-3-5-14(16-4-2)11-8-12-6-9-13(15)10-7-12/h6-7,9-10,14,16H,3-5,8,11H2,1-2H3. The summed E-state index contributed by atoms with van der Waals surface area (Å²) >= 11 is 3.46. The van der Waals surface area contributed by atoms with Crippen LogP contribution in [0.3, 0.4) is 0 Å². The summed E-state index contributed by atoms with van der Waals surface area (Å²) in [5.41, 5.74) is 1.43. The first-order valence-corrected chi connectivity index (χ1v) is 7.03. The molecule has 0 bridgehead atoms. The molecule has 0 aliphatic heterocycles.